The van der Waals surface area contributed by atoms with E-state index in [1.807, 2.05) is 0 Å². The van der Waals surface area contributed by atoms with Crippen LogP contribution in [0.2, 0.25) is 5.02 Å². The number of carbonyl (C=O) groups is 1. The number of anilines is 1. The molecule has 2 aromatic carbocycles. The van der Waals surface area contributed by atoms with Crippen molar-refractivity contribution >= 4 is 33.2 Å². The second-order valence-electron chi connectivity index (χ2n) is 6.47. The fourth-order valence-electron chi connectivity index (χ4n) is 3.01. The SMILES string of the molecule is O=C(Nc1ccc(Cl)c(S(=O)(=O)N2CCCCC2)c1)c1ccc(OC(F)F)cc1. The Morgan fingerprint density at radius 1 is 1.07 bits per heavy atom. The Morgan fingerprint density at radius 2 is 1.72 bits per heavy atom. The third kappa shape index (κ3) is 5.23. The van der Waals surface area contributed by atoms with Gasteiger partial charge in [0.25, 0.3) is 5.91 Å². The second kappa shape index (κ2) is 9.06. The smallest absolute Gasteiger partial charge is 0.387 e. The molecule has 1 N–H and O–H groups in total. The van der Waals surface area contributed by atoms with E-state index >= 15 is 0 Å². The lowest BCUT2D eigenvalue weighted by Gasteiger charge is -2.26. The number of hydrogen-bond donors (Lipinski definition) is 1. The highest BCUT2D eigenvalue weighted by atomic mass is 35.5. The molecule has 10 heteroatoms. The van der Waals surface area contributed by atoms with Gasteiger partial charge in [-0.15, -0.1) is 0 Å². The van der Waals surface area contributed by atoms with E-state index in [0.717, 1.165) is 19.3 Å². The number of carbonyl (C=O) groups excluding carboxylic acids is 1. The lowest BCUT2D eigenvalue weighted by Crippen LogP contribution is -2.35. The standard InChI is InChI=1S/C19H19ClF2N2O4S/c20-16-9-6-14(12-17(16)29(26,27)24-10-2-1-3-11-24)23-18(25)13-4-7-15(8-5-13)28-19(21)22/h4-9,12,19H,1-3,10-11H2,(H,23,25). The van der Waals surface area contributed by atoms with Crippen molar-refractivity contribution in [2.45, 2.75) is 30.8 Å². The Labute approximate surface area is 172 Å². The molecule has 1 amide bonds. The van der Waals surface area contributed by atoms with Crippen LogP contribution in [0.15, 0.2) is 47.4 Å². The van der Waals surface area contributed by atoms with E-state index in [1.54, 1.807) is 0 Å². The van der Waals surface area contributed by atoms with Gasteiger partial charge in [0, 0.05) is 24.3 Å². The van der Waals surface area contributed by atoms with E-state index in [-0.39, 0.29) is 26.9 Å². The number of rotatable bonds is 6. The molecule has 0 atom stereocenters. The Bertz CT molecular complexity index is 978. The largest absolute Gasteiger partial charge is 0.435 e. The highest BCUT2D eigenvalue weighted by Crippen LogP contribution is 2.29. The molecule has 3 rings (SSSR count). The molecule has 0 saturated carbocycles. The molecule has 1 aliphatic heterocycles. The van der Waals surface area contributed by atoms with Crippen molar-refractivity contribution in [1.29, 1.82) is 0 Å². The topological polar surface area (TPSA) is 75.7 Å². The minimum atomic E-state index is -3.77. The Kier molecular flexibility index (Phi) is 6.71. The molecule has 6 nitrogen and oxygen atoms in total. The molecule has 2 aromatic rings. The number of nitrogens with zero attached hydrogens (tertiary/aromatic N) is 1. The van der Waals surface area contributed by atoms with Gasteiger partial charge in [0.2, 0.25) is 10.0 Å². The quantitative estimate of drug-likeness (QED) is 0.717. The van der Waals surface area contributed by atoms with Crippen LogP contribution in [0.1, 0.15) is 29.6 Å². The number of halogens is 3. The summed E-state index contributed by atoms with van der Waals surface area (Å²) in [5.74, 6) is -0.602. The van der Waals surface area contributed by atoms with Crippen molar-refractivity contribution in [3.63, 3.8) is 0 Å². The number of alkyl halides is 2. The van der Waals surface area contributed by atoms with Crippen LogP contribution in [0.4, 0.5) is 14.5 Å². The van der Waals surface area contributed by atoms with Crippen molar-refractivity contribution in [2.75, 3.05) is 18.4 Å². The zero-order valence-corrected chi connectivity index (χ0v) is 16.8. The third-order valence-electron chi connectivity index (χ3n) is 4.46. The lowest BCUT2D eigenvalue weighted by atomic mass is 10.2. The van der Waals surface area contributed by atoms with Gasteiger partial charge in [-0.2, -0.15) is 13.1 Å². The predicted molar refractivity (Wildman–Crippen MR) is 105 cm³/mol. The summed E-state index contributed by atoms with van der Waals surface area (Å²) in [4.78, 5) is 12.3. The maximum absolute atomic E-state index is 12.9. The van der Waals surface area contributed by atoms with Gasteiger partial charge in [0.1, 0.15) is 10.6 Å². The molecule has 0 spiro atoms. The van der Waals surface area contributed by atoms with Gasteiger partial charge < -0.3 is 10.1 Å². The van der Waals surface area contributed by atoms with E-state index in [1.165, 1.54) is 46.8 Å². The second-order valence-corrected chi connectivity index (χ2v) is 8.78. The molecular weight excluding hydrogens is 426 g/mol. The Balaban J connectivity index is 1.78. The minimum absolute atomic E-state index is 0.0699. The number of sulfonamides is 1. The molecule has 29 heavy (non-hydrogen) atoms. The molecule has 1 fully saturated rings. The molecule has 1 aliphatic rings. The van der Waals surface area contributed by atoms with Crippen LogP contribution in [-0.2, 0) is 10.0 Å². The summed E-state index contributed by atoms with van der Waals surface area (Å²) in [6.07, 6.45) is 2.56. The zero-order chi connectivity index (χ0) is 21.0. The normalized spacial score (nSPS) is 15.3. The fourth-order valence-corrected chi connectivity index (χ4v) is 5.03. The van der Waals surface area contributed by atoms with Crippen LogP contribution in [-0.4, -0.2) is 38.3 Å². The molecular formula is C19H19ClF2N2O4S. The van der Waals surface area contributed by atoms with Crippen molar-refractivity contribution in [3.8, 4) is 5.75 Å². The highest BCUT2D eigenvalue weighted by molar-refractivity contribution is 7.89. The third-order valence-corrected chi connectivity index (χ3v) is 6.84. The van der Waals surface area contributed by atoms with E-state index < -0.39 is 22.5 Å². The molecule has 156 valence electrons. The van der Waals surface area contributed by atoms with E-state index in [9.17, 15) is 22.0 Å². The Morgan fingerprint density at radius 3 is 2.34 bits per heavy atom. The van der Waals surface area contributed by atoms with Crippen LogP contribution in [0.25, 0.3) is 0 Å². The van der Waals surface area contributed by atoms with Crippen LogP contribution >= 0.6 is 11.6 Å². The average Bonchev–Trinajstić information content (AvgIpc) is 2.70. The van der Waals surface area contributed by atoms with Gasteiger partial charge in [0.05, 0.1) is 5.02 Å². The average molecular weight is 445 g/mol. The summed E-state index contributed by atoms with van der Waals surface area (Å²) >= 11 is 6.12. The molecule has 1 heterocycles. The first-order valence-electron chi connectivity index (χ1n) is 8.93. The number of hydrogen-bond acceptors (Lipinski definition) is 4. The van der Waals surface area contributed by atoms with Gasteiger partial charge in [-0.25, -0.2) is 8.42 Å². The molecule has 0 aliphatic carbocycles. The maximum atomic E-state index is 12.9. The summed E-state index contributed by atoms with van der Waals surface area (Å²) in [5.41, 5.74) is 0.449. The van der Waals surface area contributed by atoms with Crippen LogP contribution in [0, 0.1) is 0 Å². The maximum Gasteiger partial charge on any atom is 0.387 e. The first-order valence-corrected chi connectivity index (χ1v) is 10.7. The van der Waals surface area contributed by atoms with Crippen molar-refractivity contribution in [1.82, 2.24) is 4.31 Å². The number of amides is 1. The summed E-state index contributed by atoms with van der Waals surface area (Å²) in [6, 6.07) is 9.36. The van der Waals surface area contributed by atoms with Crippen LogP contribution < -0.4 is 10.1 Å². The van der Waals surface area contributed by atoms with E-state index in [4.69, 9.17) is 11.6 Å². The van der Waals surface area contributed by atoms with E-state index in [0.29, 0.717) is 13.1 Å². The zero-order valence-electron chi connectivity index (χ0n) is 15.3. The molecule has 0 radical (unpaired) electrons. The summed E-state index contributed by atoms with van der Waals surface area (Å²) < 4.78 is 55.8. The molecule has 1 saturated heterocycles. The van der Waals surface area contributed by atoms with Gasteiger partial charge in [-0.3, -0.25) is 4.79 Å². The number of nitrogens with one attached hydrogen (secondary N) is 1. The predicted octanol–water partition coefficient (Wildman–Crippen LogP) is 4.37. The van der Waals surface area contributed by atoms with Crippen LogP contribution in [0.5, 0.6) is 5.75 Å². The van der Waals surface area contributed by atoms with Crippen molar-refractivity contribution in [2.24, 2.45) is 0 Å². The molecule has 0 unspecified atom stereocenters. The van der Waals surface area contributed by atoms with Crippen molar-refractivity contribution in [3.05, 3.63) is 53.1 Å². The number of ether oxygens (including phenoxy) is 1. The summed E-state index contributed by atoms with van der Waals surface area (Å²) in [6.45, 7) is -2.09. The first-order chi connectivity index (χ1) is 13.8. The lowest BCUT2D eigenvalue weighted by molar-refractivity contribution is -0.0498. The van der Waals surface area contributed by atoms with Crippen LogP contribution in [0.3, 0.4) is 0 Å². The van der Waals surface area contributed by atoms with E-state index in [2.05, 4.69) is 10.1 Å². The number of benzene rings is 2. The van der Waals surface area contributed by atoms with Gasteiger partial charge in [-0.05, 0) is 55.3 Å². The fraction of sp³-hybridized carbons (Fsp3) is 0.316. The minimum Gasteiger partial charge on any atom is -0.435 e. The molecule has 0 bridgehead atoms. The van der Waals surface area contributed by atoms with Crippen molar-refractivity contribution < 1.29 is 26.7 Å². The highest BCUT2D eigenvalue weighted by Gasteiger charge is 2.28. The Hall–Kier alpha value is -2.23. The molecule has 0 aromatic heterocycles. The summed E-state index contributed by atoms with van der Waals surface area (Å²) in [7, 11) is -3.77. The first kappa shape index (κ1) is 21.5. The monoisotopic (exact) mass is 444 g/mol. The summed E-state index contributed by atoms with van der Waals surface area (Å²) in [5, 5.41) is 2.66. The van der Waals surface area contributed by atoms with Gasteiger partial charge >= 0.3 is 6.61 Å². The van der Waals surface area contributed by atoms with Gasteiger partial charge in [-0.1, -0.05) is 18.0 Å². The van der Waals surface area contributed by atoms with Gasteiger partial charge in [0.15, 0.2) is 0 Å². The number of piperidine rings is 1.